The van der Waals surface area contributed by atoms with Crippen molar-refractivity contribution in [3.8, 4) is 0 Å². The van der Waals surface area contributed by atoms with Gasteiger partial charge in [0.25, 0.3) is 11.5 Å². The van der Waals surface area contributed by atoms with E-state index in [0.29, 0.717) is 5.56 Å². The molecule has 1 rings (SSSR count). The maximum atomic E-state index is 11.0. The smallest absolute Gasteiger partial charge is 0.266 e. The second-order valence-electron chi connectivity index (χ2n) is 2.35. The molecule has 0 spiro atoms. The highest BCUT2D eigenvalue weighted by atomic mass is 79.9. The lowest BCUT2D eigenvalue weighted by atomic mass is 10.2. The molecular weight excluding hydrogens is 224 g/mol. The molecule has 1 amide bonds. The van der Waals surface area contributed by atoms with Crippen LogP contribution in [0.5, 0.6) is 0 Å². The van der Waals surface area contributed by atoms with E-state index in [1.54, 1.807) is 13.0 Å². The molecule has 1 aromatic heterocycles. The molecule has 0 saturated heterocycles. The van der Waals surface area contributed by atoms with Gasteiger partial charge >= 0.3 is 0 Å². The van der Waals surface area contributed by atoms with Crippen LogP contribution in [0.15, 0.2) is 16.9 Å². The van der Waals surface area contributed by atoms with Gasteiger partial charge in [-0.15, -0.1) is 0 Å². The van der Waals surface area contributed by atoms with Crippen molar-refractivity contribution >= 4 is 22.1 Å². The van der Waals surface area contributed by atoms with Crippen LogP contribution in [0.2, 0.25) is 0 Å². The number of aryl methyl sites for hydroxylation is 1. The lowest BCUT2D eigenvalue weighted by molar-refractivity contribution is 0.0994. The molecule has 0 aliphatic carbocycles. The molecule has 0 aliphatic rings. The summed E-state index contributed by atoms with van der Waals surface area (Å²) in [6.07, 6.45) is 0. The quantitative estimate of drug-likeness (QED) is 0.760. The molecule has 0 atom stereocenters. The Hall–Kier alpha value is -1.10. The van der Waals surface area contributed by atoms with Crippen molar-refractivity contribution in [2.24, 2.45) is 5.73 Å². The molecule has 0 aliphatic heterocycles. The molecule has 1 heterocycles. The summed E-state index contributed by atoms with van der Waals surface area (Å²) in [5.41, 5.74) is 5.59. The van der Waals surface area contributed by atoms with Gasteiger partial charge in [-0.2, -0.15) is 0 Å². The van der Waals surface area contributed by atoms with Crippen LogP contribution in [0, 0.1) is 6.92 Å². The number of primary amides is 1. The third kappa shape index (κ3) is 1.40. The van der Waals surface area contributed by atoms with E-state index < -0.39 is 5.91 Å². The second-order valence-corrected chi connectivity index (χ2v) is 3.06. The molecule has 0 bridgehead atoms. The Kier molecular flexibility index (Phi) is 2.32. The van der Waals surface area contributed by atoms with Gasteiger partial charge in [-0.05, 0) is 12.5 Å². The molecule has 2 N–H and O–H groups in total. The number of carbonyl (C=O) groups is 1. The number of carbonyl (C=O) groups excluding carboxylic acids is 1. The number of nitrogens with two attached hydrogens (primary N) is 1. The van der Waals surface area contributed by atoms with Crippen molar-refractivity contribution in [1.29, 1.82) is 0 Å². The minimum atomic E-state index is -0.623. The van der Waals surface area contributed by atoms with Crippen LogP contribution in [0.25, 0.3) is 0 Å². The van der Waals surface area contributed by atoms with Crippen LogP contribution >= 0.6 is 16.1 Å². The lowest BCUT2D eigenvalue weighted by Crippen LogP contribution is -2.24. The molecule has 1 aromatic rings. The third-order valence-electron chi connectivity index (χ3n) is 1.47. The molecule has 0 aromatic carbocycles. The molecule has 4 nitrogen and oxygen atoms in total. The van der Waals surface area contributed by atoms with Crippen LogP contribution in [0.1, 0.15) is 16.1 Å². The average Bonchev–Trinajstić information content (AvgIpc) is 1.97. The van der Waals surface area contributed by atoms with Gasteiger partial charge < -0.3 is 5.73 Å². The van der Waals surface area contributed by atoms with E-state index in [4.69, 9.17) is 5.73 Å². The number of hydrogen-bond acceptors (Lipinski definition) is 2. The summed E-state index contributed by atoms with van der Waals surface area (Å²) in [6, 6.07) is 2.91. The van der Waals surface area contributed by atoms with Crippen LogP contribution in [-0.4, -0.2) is 9.50 Å². The number of hydrogen-bond donors (Lipinski definition) is 1. The SMILES string of the molecule is Cc1ccc(=O)n(Br)c1C(N)=O. The molecular formula is C7H7BrN2O2. The first-order valence-electron chi connectivity index (χ1n) is 3.22. The van der Waals surface area contributed by atoms with Crippen molar-refractivity contribution in [2.45, 2.75) is 6.92 Å². The van der Waals surface area contributed by atoms with Gasteiger partial charge in [0.05, 0.1) is 16.1 Å². The Labute approximate surface area is 77.3 Å². The first-order valence-corrected chi connectivity index (χ1v) is 3.93. The minimum Gasteiger partial charge on any atom is -0.364 e. The van der Waals surface area contributed by atoms with Gasteiger partial charge in [0, 0.05) is 6.07 Å². The fourth-order valence-corrected chi connectivity index (χ4v) is 1.47. The van der Waals surface area contributed by atoms with Crippen molar-refractivity contribution in [3.05, 3.63) is 33.7 Å². The van der Waals surface area contributed by atoms with Crippen molar-refractivity contribution < 1.29 is 4.79 Å². The monoisotopic (exact) mass is 230 g/mol. The normalized spacial score (nSPS) is 9.83. The topological polar surface area (TPSA) is 65.1 Å². The number of nitrogens with zero attached hydrogens (tertiary/aromatic N) is 1. The molecule has 0 saturated carbocycles. The summed E-state index contributed by atoms with van der Waals surface area (Å²) in [4.78, 5) is 21.8. The summed E-state index contributed by atoms with van der Waals surface area (Å²) >= 11 is 2.93. The zero-order valence-corrected chi connectivity index (χ0v) is 7.96. The van der Waals surface area contributed by atoms with Crippen molar-refractivity contribution in [1.82, 2.24) is 3.59 Å². The Bertz CT molecular complexity index is 383. The fourth-order valence-electron chi connectivity index (χ4n) is 0.897. The van der Waals surface area contributed by atoms with Crippen LogP contribution < -0.4 is 11.3 Å². The molecule has 5 heteroatoms. The van der Waals surface area contributed by atoms with Crippen LogP contribution in [-0.2, 0) is 0 Å². The van der Waals surface area contributed by atoms with E-state index in [1.165, 1.54) is 6.07 Å². The standard InChI is InChI=1S/C7H7BrN2O2/c1-4-2-3-5(11)10(8)6(4)7(9)12/h2-3H,1H3,(H2,9,12). The van der Waals surface area contributed by atoms with Gasteiger partial charge in [0.15, 0.2) is 0 Å². The summed E-state index contributed by atoms with van der Waals surface area (Å²) < 4.78 is 1.06. The van der Waals surface area contributed by atoms with Gasteiger partial charge in [0.1, 0.15) is 5.69 Å². The Balaban J connectivity index is 3.54. The van der Waals surface area contributed by atoms with E-state index in [-0.39, 0.29) is 11.3 Å². The van der Waals surface area contributed by atoms with E-state index in [0.717, 1.165) is 3.59 Å². The van der Waals surface area contributed by atoms with Gasteiger partial charge in [-0.25, -0.2) is 3.59 Å². The predicted molar refractivity (Wildman–Crippen MR) is 48.3 cm³/mol. The minimum absolute atomic E-state index is 0.183. The number of pyridine rings is 1. The number of halogens is 1. The lowest BCUT2D eigenvalue weighted by Gasteiger charge is -2.03. The molecule has 64 valence electrons. The largest absolute Gasteiger partial charge is 0.364 e. The summed E-state index contributed by atoms with van der Waals surface area (Å²) in [6.45, 7) is 1.71. The second kappa shape index (κ2) is 3.10. The maximum absolute atomic E-state index is 11.0. The number of aromatic nitrogens is 1. The molecule has 0 unspecified atom stereocenters. The van der Waals surface area contributed by atoms with E-state index in [1.807, 2.05) is 0 Å². The van der Waals surface area contributed by atoms with E-state index in [2.05, 4.69) is 16.1 Å². The number of rotatable bonds is 1. The van der Waals surface area contributed by atoms with E-state index >= 15 is 0 Å². The molecule has 0 fully saturated rings. The van der Waals surface area contributed by atoms with Crippen LogP contribution in [0.4, 0.5) is 0 Å². The number of amides is 1. The third-order valence-corrected chi connectivity index (χ3v) is 2.18. The van der Waals surface area contributed by atoms with Gasteiger partial charge in [0.2, 0.25) is 0 Å². The maximum Gasteiger partial charge on any atom is 0.266 e. The van der Waals surface area contributed by atoms with E-state index in [9.17, 15) is 9.59 Å². The summed E-state index contributed by atoms with van der Waals surface area (Å²) in [5, 5.41) is 0. The zero-order valence-electron chi connectivity index (χ0n) is 6.37. The highest BCUT2D eigenvalue weighted by Gasteiger charge is 2.09. The van der Waals surface area contributed by atoms with Crippen LogP contribution in [0.3, 0.4) is 0 Å². The summed E-state index contributed by atoms with van der Waals surface area (Å²) in [5.74, 6) is -0.623. The Morgan fingerprint density at radius 3 is 2.58 bits per heavy atom. The fraction of sp³-hybridized carbons (Fsp3) is 0.143. The Morgan fingerprint density at radius 1 is 1.58 bits per heavy atom. The van der Waals surface area contributed by atoms with Gasteiger partial charge in [-0.1, -0.05) is 6.07 Å². The highest BCUT2D eigenvalue weighted by Crippen LogP contribution is 2.05. The molecule has 0 radical (unpaired) electrons. The average molecular weight is 231 g/mol. The predicted octanol–water partition coefficient (Wildman–Crippen LogP) is 0.414. The zero-order chi connectivity index (χ0) is 9.30. The first-order chi connectivity index (χ1) is 5.54. The van der Waals surface area contributed by atoms with Crippen molar-refractivity contribution in [2.75, 3.05) is 0 Å². The highest BCUT2D eigenvalue weighted by molar-refractivity contribution is 9.08. The molecule has 12 heavy (non-hydrogen) atoms. The first kappa shape index (κ1) is 8.99. The Morgan fingerprint density at radius 2 is 2.17 bits per heavy atom. The summed E-state index contributed by atoms with van der Waals surface area (Å²) in [7, 11) is 0. The van der Waals surface area contributed by atoms with Gasteiger partial charge in [-0.3, -0.25) is 9.59 Å². The van der Waals surface area contributed by atoms with Crippen molar-refractivity contribution in [3.63, 3.8) is 0 Å².